The lowest BCUT2D eigenvalue weighted by Crippen LogP contribution is -2.18. The van der Waals surface area contributed by atoms with Crippen molar-refractivity contribution in [1.82, 2.24) is 0 Å². The molecule has 1 aliphatic carbocycles. The molecule has 0 aromatic carbocycles. The first kappa shape index (κ1) is 10.9. The highest BCUT2D eigenvalue weighted by molar-refractivity contribution is 5.95. The third-order valence-corrected chi connectivity index (χ3v) is 2.68. The Morgan fingerprint density at radius 2 is 2.31 bits per heavy atom. The van der Waals surface area contributed by atoms with Crippen LogP contribution in [0.3, 0.4) is 0 Å². The van der Waals surface area contributed by atoms with Gasteiger partial charge in [-0.15, -0.1) is 0 Å². The van der Waals surface area contributed by atoms with Crippen molar-refractivity contribution in [2.75, 3.05) is 6.61 Å². The van der Waals surface area contributed by atoms with Gasteiger partial charge in [-0.2, -0.15) is 0 Å². The molecule has 86 valence electrons. The van der Waals surface area contributed by atoms with Gasteiger partial charge in [-0.3, -0.25) is 9.59 Å². The molecule has 1 atom stereocenters. The number of cyclic esters (lactones) is 2. The molecule has 0 radical (unpaired) electrons. The van der Waals surface area contributed by atoms with Gasteiger partial charge in [0, 0.05) is 5.57 Å². The van der Waals surface area contributed by atoms with Gasteiger partial charge in [0.1, 0.15) is 12.5 Å². The quantitative estimate of drug-likeness (QED) is 0.522. The van der Waals surface area contributed by atoms with Gasteiger partial charge >= 0.3 is 17.9 Å². The van der Waals surface area contributed by atoms with Crippen molar-refractivity contribution < 1.29 is 23.9 Å². The minimum atomic E-state index is -0.626. The van der Waals surface area contributed by atoms with Gasteiger partial charge in [0.2, 0.25) is 0 Å². The molecule has 0 saturated carbocycles. The Kier molecular flexibility index (Phi) is 3.03. The molecule has 0 bridgehead atoms. The summed E-state index contributed by atoms with van der Waals surface area (Å²) in [6.45, 7) is -0.0687. The van der Waals surface area contributed by atoms with Crippen molar-refractivity contribution >= 4 is 17.9 Å². The minimum absolute atomic E-state index is 0.00512. The van der Waals surface area contributed by atoms with Crippen LogP contribution in [-0.4, -0.2) is 24.5 Å². The molecule has 0 spiro atoms. The fourth-order valence-corrected chi connectivity index (χ4v) is 1.77. The van der Waals surface area contributed by atoms with E-state index in [0.29, 0.717) is 5.57 Å². The molecule has 2 rings (SSSR count). The monoisotopic (exact) mass is 224 g/mol. The standard InChI is InChI=1S/C11H12O5/c12-9-5-8(11(14)16-9)6-15-10(13)7-3-1-2-4-7/h3,8H,1-2,4-6H2. The third-order valence-electron chi connectivity index (χ3n) is 2.68. The van der Waals surface area contributed by atoms with E-state index in [1.807, 2.05) is 6.08 Å². The molecular formula is C11H12O5. The van der Waals surface area contributed by atoms with Crippen molar-refractivity contribution in [3.63, 3.8) is 0 Å². The van der Waals surface area contributed by atoms with Crippen LogP contribution >= 0.6 is 0 Å². The van der Waals surface area contributed by atoms with Gasteiger partial charge in [-0.05, 0) is 19.3 Å². The van der Waals surface area contributed by atoms with Crippen LogP contribution in [0.2, 0.25) is 0 Å². The fraction of sp³-hybridized carbons (Fsp3) is 0.545. The highest BCUT2D eigenvalue weighted by Crippen LogP contribution is 2.20. The molecule has 1 saturated heterocycles. The van der Waals surface area contributed by atoms with Gasteiger partial charge in [-0.25, -0.2) is 4.79 Å². The van der Waals surface area contributed by atoms with E-state index in [0.717, 1.165) is 19.3 Å². The normalized spacial score (nSPS) is 24.2. The summed E-state index contributed by atoms with van der Waals surface area (Å²) < 4.78 is 9.32. The Labute approximate surface area is 92.4 Å². The predicted octanol–water partition coefficient (Wildman–Crippen LogP) is 0.730. The molecule has 2 aliphatic rings. The molecule has 1 fully saturated rings. The van der Waals surface area contributed by atoms with Crippen LogP contribution in [0.1, 0.15) is 25.7 Å². The highest BCUT2D eigenvalue weighted by Gasteiger charge is 2.34. The zero-order valence-electron chi connectivity index (χ0n) is 8.73. The van der Waals surface area contributed by atoms with E-state index in [2.05, 4.69) is 4.74 Å². The number of carbonyl (C=O) groups excluding carboxylic acids is 3. The molecular weight excluding hydrogens is 212 g/mol. The van der Waals surface area contributed by atoms with Crippen molar-refractivity contribution in [3.8, 4) is 0 Å². The van der Waals surface area contributed by atoms with Crippen molar-refractivity contribution in [2.24, 2.45) is 5.92 Å². The van der Waals surface area contributed by atoms with E-state index in [9.17, 15) is 14.4 Å². The number of ether oxygens (including phenoxy) is 2. The van der Waals surface area contributed by atoms with Crippen LogP contribution in [0.4, 0.5) is 0 Å². The molecule has 5 nitrogen and oxygen atoms in total. The maximum atomic E-state index is 11.5. The molecule has 0 aromatic heterocycles. The number of esters is 3. The topological polar surface area (TPSA) is 69.7 Å². The third kappa shape index (κ3) is 2.29. The van der Waals surface area contributed by atoms with Crippen LogP contribution < -0.4 is 0 Å². The highest BCUT2D eigenvalue weighted by atomic mass is 16.6. The summed E-state index contributed by atoms with van der Waals surface area (Å²) >= 11 is 0. The lowest BCUT2D eigenvalue weighted by molar-refractivity contribution is -0.153. The summed E-state index contributed by atoms with van der Waals surface area (Å²) in [5.41, 5.74) is 0.665. The first-order chi connectivity index (χ1) is 7.66. The van der Waals surface area contributed by atoms with E-state index in [1.165, 1.54) is 0 Å². The molecule has 1 unspecified atom stereocenters. The first-order valence-corrected chi connectivity index (χ1v) is 5.27. The van der Waals surface area contributed by atoms with Crippen LogP contribution in [0.15, 0.2) is 11.6 Å². The number of allylic oxidation sites excluding steroid dienone is 1. The van der Waals surface area contributed by atoms with E-state index in [1.54, 1.807) is 0 Å². The Morgan fingerprint density at radius 3 is 2.88 bits per heavy atom. The van der Waals surface area contributed by atoms with Crippen LogP contribution in [0.25, 0.3) is 0 Å². The number of hydrogen-bond donors (Lipinski definition) is 0. The molecule has 1 heterocycles. The summed E-state index contributed by atoms with van der Waals surface area (Å²) in [5, 5.41) is 0. The Bertz CT molecular complexity index is 369. The summed E-state index contributed by atoms with van der Waals surface area (Å²) in [6, 6.07) is 0. The average molecular weight is 224 g/mol. The van der Waals surface area contributed by atoms with Gasteiger partial charge < -0.3 is 9.47 Å². The predicted molar refractivity (Wildman–Crippen MR) is 52.1 cm³/mol. The van der Waals surface area contributed by atoms with Crippen LogP contribution in [0, 0.1) is 5.92 Å². The maximum Gasteiger partial charge on any atom is 0.333 e. The summed E-state index contributed by atoms with van der Waals surface area (Å²) in [7, 11) is 0. The minimum Gasteiger partial charge on any atom is -0.461 e. The fourth-order valence-electron chi connectivity index (χ4n) is 1.77. The van der Waals surface area contributed by atoms with Crippen molar-refractivity contribution in [1.29, 1.82) is 0 Å². The summed E-state index contributed by atoms with van der Waals surface area (Å²) in [5.74, 6) is -2.16. The second kappa shape index (κ2) is 4.47. The average Bonchev–Trinajstić information content (AvgIpc) is 2.84. The SMILES string of the molecule is O=C1CC(COC(=O)C2=CCCC2)C(=O)O1. The lowest BCUT2D eigenvalue weighted by atomic mass is 10.1. The molecule has 0 N–H and O–H groups in total. The van der Waals surface area contributed by atoms with Crippen molar-refractivity contribution in [2.45, 2.75) is 25.7 Å². The summed E-state index contributed by atoms with van der Waals surface area (Å²) in [6.07, 6.45) is 4.45. The second-order valence-electron chi connectivity index (χ2n) is 3.91. The Balaban J connectivity index is 1.81. The smallest absolute Gasteiger partial charge is 0.333 e. The zero-order chi connectivity index (χ0) is 11.5. The lowest BCUT2D eigenvalue weighted by Gasteiger charge is -2.07. The van der Waals surface area contributed by atoms with E-state index >= 15 is 0 Å². The molecule has 5 heteroatoms. The van der Waals surface area contributed by atoms with Gasteiger partial charge in [0.05, 0.1) is 6.42 Å². The Hall–Kier alpha value is -1.65. The number of carbonyl (C=O) groups is 3. The second-order valence-corrected chi connectivity index (χ2v) is 3.91. The first-order valence-electron chi connectivity index (χ1n) is 5.27. The molecule has 0 aromatic rings. The van der Waals surface area contributed by atoms with Crippen LogP contribution in [-0.2, 0) is 23.9 Å². The van der Waals surface area contributed by atoms with E-state index < -0.39 is 17.9 Å². The zero-order valence-corrected chi connectivity index (χ0v) is 8.73. The van der Waals surface area contributed by atoms with Crippen LogP contribution in [0.5, 0.6) is 0 Å². The molecule has 16 heavy (non-hydrogen) atoms. The number of rotatable bonds is 3. The van der Waals surface area contributed by atoms with Gasteiger partial charge in [0.25, 0.3) is 0 Å². The van der Waals surface area contributed by atoms with Crippen molar-refractivity contribution in [3.05, 3.63) is 11.6 Å². The Morgan fingerprint density at radius 1 is 1.50 bits per heavy atom. The largest absolute Gasteiger partial charge is 0.461 e. The van der Waals surface area contributed by atoms with E-state index in [4.69, 9.17) is 4.74 Å². The maximum absolute atomic E-state index is 11.5. The molecule has 0 amide bonds. The van der Waals surface area contributed by atoms with Gasteiger partial charge in [-0.1, -0.05) is 6.08 Å². The number of hydrogen-bond acceptors (Lipinski definition) is 5. The molecule has 1 aliphatic heterocycles. The van der Waals surface area contributed by atoms with Gasteiger partial charge in [0.15, 0.2) is 0 Å². The summed E-state index contributed by atoms with van der Waals surface area (Å²) in [4.78, 5) is 33.3. The van der Waals surface area contributed by atoms with E-state index in [-0.39, 0.29) is 19.0 Å².